The van der Waals surface area contributed by atoms with Crippen molar-refractivity contribution in [1.29, 1.82) is 0 Å². The molecule has 1 atom stereocenters. The summed E-state index contributed by atoms with van der Waals surface area (Å²) in [5.41, 5.74) is 0. The Bertz CT molecular complexity index is 278. The van der Waals surface area contributed by atoms with Crippen molar-refractivity contribution in [2.45, 2.75) is 17.4 Å². The van der Waals surface area contributed by atoms with Crippen LogP contribution in [0.4, 0.5) is 4.39 Å². The Morgan fingerprint density at radius 1 is 1.40 bits per heavy atom. The highest BCUT2D eigenvalue weighted by Crippen LogP contribution is 2.19. The van der Waals surface area contributed by atoms with Crippen LogP contribution < -0.4 is 5.32 Å². The molecule has 0 fully saturated rings. The first kappa shape index (κ1) is 12.5. The van der Waals surface area contributed by atoms with Crippen molar-refractivity contribution in [3.63, 3.8) is 0 Å². The highest BCUT2D eigenvalue weighted by atomic mass is 32.2. The smallest absolute Gasteiger partial charge is 0.123 e. The van der Waals surface area contributed by atoms with Crippen molar-refractivity contribution < 1.29 is 9.50 Å². The number of hydrogen-bond donors (Lipinski definition) is 2. The second-order valence-electron chi connectivity index (χ2n) is 3.26. The molecule has 1 aromatic carbocycles. The summed E-state index contributed by atoms with van der Waals surface area (Å²) < 4.78 is 12.6. The lowest BCUT2D eigenvalue weighted by atomic mass is 10.2. The number of aliphatic hydroxyl groups excluding tert-OH is 1. The van der Waals surface area contributed by atoms with Crippen LogP contribution in [0.3, 0.4) is 0 Å². The third-order valence-electron chi connectivity index (χ3n) is 2.15. The van der Waals surface area contributed by atoms with Gasteiger partial charge in [0, 0.05) is 23.3 Å². The van der Waals surface area contributed by atoms with Crippen LogP contribution in [-0.2, 0) is 0 Å². The summed E-state index contributed by atoms with van der Waals surface area (Å²) in [7, 11) is 1.88. The molecular weight excluding hydrogens is 213 g/mol. The molecule has 0 saturated heterocycles. The minimum atomic E-state index is -0.208. The zero-order chi connectivity index (χ0) is 11.1. The van der Waals surface area contributed by atoms with Crippen molar-refractivity contribution in [3.8, 4) is 0 Å². The van der Waals surface area contributed by atoms with Crippen LogP contribution in [0.5, 0.6) is 0 Å². The molecule has 1 aromatic rings. The molecule has 2 N–H and O–H groups in total. The van der Waals surface area contributed by atoms with Crippen LogP contribution in [-0.4, -0.2) is 30.6 Å². The summed E-state index contributed by atoms with van der Waals surface area (Å²) in [6, 6.07) is 6.76. The maximum absolute atomic E-state index is 12.6. The van der Waals surface area contributed by atoms with Crippen LogP contribution in [0.1, 0.15) is 6.42 Å². The van der Waals surface area contributed by atoms with Gasteiger partial charge in [0.15, 0.2) is 0 Å². The second kappa shape index (κ2) is 6.82. The van der Waals surface area contributed by atoms with Crippen molar-refractivity contribution in [1.82, 2.24) is 5.32 Å². The van der Waals surface area contributed by atoms with E-state index in [0.717, 1.165) is 17.1 Å². The summed E-state index contributed by atoms with van der Waals surface area (Å²) in [5.74, 6) is 0.669. The van der Waals surface area contributed by atoms with E-state index >= 15 is 0 Å². The van der Waals surface area contributed by atoms with Gasteiger partial charge in [0.25, 0.3) is 0 Å². The van der Waals surface area contributed by atoms with Gasteiger partial charge in [0.1, 0.15) is 5.82 Å². The first-order chi connectivity index (χ1) is 7.26. The predicted octanol–water partition coefficient (Wildman–Crippen LogP) is 1.89. The maximum atomic E-state index is 12.6. The number of benzene rings is 1. The Morgan fingerprint density at radius 3 is 2.60 bits per heavy atom. The molecule has 0 saturated carbocycles. The Hall–Kier alpha value is -0.580. The van der Waals surface area contributed by atoms with E-state index in [9.17, 15) is 4.39 Å². The second-order valence-corrected chi connectivity index (χ2v) is 4.36. The van der Waals surface area contributed by atoms with Gasteiger partial charge >= 0.3 is 0 Å². The summed E-state index contributed by atoms with van der Waals surface area (Å²) >= 11 is 1.66. The number of thioether (sulfide) groups is 1. The molecule has 0 aliphatic carbocycles. The standard InChI is InChI=1S/C11H16FNOS/c1-13-10(6-7-14)8-15-11-4-2-9(12)3-5-11/h2-5,10,13-14H,6-8H2,1H3. The average Bonchev–Trinajstić information content (AvgIpc) is 2.26. The fraction of sp³-hybridized carbons (Fsp3) is 0.455. The van der Waals surface area contributed by atoms with E-state index in [1.54, 1.807) is 23.9 Å². The lowest BCUT2D eigenvalue weighted by Gasteiger charge is -2.13. The van der Waals surface area contributed by atoms with Gasteiger partial charge in [-0.15, -0.1) is 11.8 Å². The van der Waals surface area contributed by atoms with E-state index in [4.69, 9.17) is 5.11 Å². The largest absolute Gasteiger partial charge is 0.396 e. The van der Waals surface area contributed by atoms with Gasteiger partial charge in [-0.2, -0.15) is 0 Å². The molecule has 1 unspecified atom stereocenters. The van der Waals surface area contributed by atoms with Gasteiger partial charge in [-0.1, -0.05) is 0 Å². The lowest BCUT2D eigenvalue weighted by Crippen LogP contribution is -2.28. The number of aliphatic hydroxyl groups is 1. The first-order valence-corrected chi connectivity index (χ1v) is 5.91. The molecule has 0 radical (unpaired) electrons. The minimum absolute atomic E-state index is 0.190. The highest BCUT2D eigenvalue weighted by molar-refractivity contribution is 7.99. The maximum Gasteiger partial charge on any atom is 0.123 e. The van der Waals surface area contributed by atoms with Gasteiger partial charge in [0.2, 0.25) is 0 Å². The van der Waals surface area contributed by atoms with Crippen LogP contribution in [0.15, 0.2) is 29.2 Å². The van der Waals surface area contributed by atoms with E-state index in [1.807, 2.05) is 7.05 Å². The zero-order valence-electron chi connectivity index (χ0n) is 8.74. The van der Waals surface area contributed by atoms with Crippen molar-refractivity contribution in [2.75, 3.05) is 19.4 Å². The fourth-order valence-corrected chi connectivity index (χ4v) is 2.25. The molecular formula is C11H16FNOS. The zero-order valence-corrected chi connectivity index (χ0v) is 9.56. The summed E-state index contributed by atoms with van der Waals surface area (Å²) in [5, 5.41) is 11.9. The molecule has 1 rings (SSSR count). The van der Waals surface area contributed by atoms with E-state index in [0.29, 0.717) is 6.04 Å². The topological polar surface area (TPSA) is 32.3 Å². The van der Waals surface area contributed by atoms with Crippen molar-refractivity contribution >= 4 is 11.8 Å². The number of halogens is 1. The summed E-state index contributed by atoms with van der Waals surface area (Å²) in [6.07, 6.45) is 0.741. The summed E-state index contributed by atoms with van der Waals surface area (Å²) in [6.45, 7) is 0.190. The third-order valence-corrected chi connectivity index (χ3v) is 3.33. The van der Waals surface area contributed by atoms with E-state index in [2.05, 4.69) is 5.32 Å². The Kier molecular flexibility index (Phi) is 5.68. The minimum Gasteiger partial charge on any atom is -0.396 e. The van der Waals surface area contributed by atoms with Crippen molar-refractivity contribution in [2.24, 2.45) is 0 Å². The monoisotopic (exact) mass is 229 g/mol. The molecule has 4 heteroatoms. The van der Waals surface area contributed by atoms with Crippen LogP contribution >= 0.6 is 11.8 Å². The third kappa shape index (κ3) is 4.64. The molecule has 0 aliphatic heterocycles. The van der Waals surface area contributed by atoms with E-state index < -0.39 is 0 Å². The van der Waals surface area contributed by atoms with Gasteiger partial charge in [-0.25, -0.2) is 4.39 Å². The molecule has 0 bridgehead atoms. The van der Waals surface area contributed by atoms with E-state index in [1.165, 1.54) is 12.1 Å². The quantitative estimate of drug-likeness (QED) is 0.731. The number of rotatable bonds is 6. The van der Waals surface area contributed by atoms with Gasteiger partial charge in [-0.3, -0.25) is 0 Å². The van der Waals surface area contributed by atoms with Gasteiger partial charge in [0.05, 0.1) is 0 Å². The predicted molar refractivity (Wildman–Crippen MR) is 61.7 cm³/mol. The Balaban J connectivity index is 2.38. The molecule has 0 amide bonds. The highest BCUT2D eigenvalue weighted by Gasteiger charge is 2.05. The normalized spacial score (nSPS) is 12.7. The molecule has 15 heavy (non-hydrogen) atoms. The number of hydrogen-bond acceptors (Lipinski definition) is 3. The van der Waals surface area contributed by atoms with Gasteiger partial charge in [-0.05, 0) is 37.7 Å². The fourth-order valence-electron chi connectivity index (χ4n) is 1.19. The van der Waals surface area contributed by atoms with Crippen LogP contribution in [0.25, 0.3) is 0 Å². The number of nitrogens with one attached hydrogen (secondary N) is 1. The summed E-state index contributed by atoms with van der Waals surface area (Å²) in [4.78, 5) is 1.05. The van der Waals surface area contributed by atoms with Gasteiger partial charge < -0.3 is 10.4 Å². The molecule has 0 aliphatic rings. The average molecular weight is 229 g/mol. The first-order valence-electron chi connectivity index (χ1n) is 4.92. The molecule has 84 valence electrons. The molecule has 2 nitrogen and oxygen atoms in total. The SMILES string of the molecule is CNC(CCO)CSc1ccc(F)cc1. The van der Waals surface area contributed by atoms with Crippen LogP contribution in [0, 0.1) is 5.82 Å². The Labute approximate surface area is 93.9 Å². The van der Waals surface area contributed by atoms with Crippen LogP contribution in [0.2, 0.25) is 0 Å². The Morgan fingerprint density at radius 2 is 2.07 bits per heavy atom. The van der Waals surface area contributed by atoms with Crippen molar-refractivity contribution in [3.05, 3.63) is 30.1 Å². The lowest BCUT2D eigenvalue weighted by molar-refractivity contribution is 0.273. The molecule has 0 aromatic heterocycles. The molecule has 0 spiro atoms. The van der Waals surface area contributed by atoms with E-state index in [-0.39, 0.29) is 12.4 Å². The molecule has 0 heterocycles.